The summed E-state index contributed by atoms with van der Waals surface area (Å²) in [6.07, 6.45) is 8.20. The highest BCUT2D eigenvalue weighted by atomic mass is 16.5. The normalized spacial score (nSPS) is 26.6. The van der Waals surface area contributed by atoms with Gasteiger partial charge in [-0.3, -0.25) is 0 Å². The Morgan fingerprint density at radius 2 is 2.05 bits per heavy atom. The summed E-state index contributed by atoms with van der Waals surface area (Å²) in [4.78, 5) is 8.44. The van der Waals surface area contributed by atoms with Gasteiger partial charge >= 0.3 is 0 Å². The van der Waals surface area contributed by atoms with Crippen LogP contribution in [0.25, 0.3) is 0 Å². The van der Waals surface area contributed by atoms with Crippen molar-refractivity contribution < 1.29 is 9.47 Å². The topological polar surface area (TPSA) is 56.3 Å². The second kappa shape index (κ2) is 6.18. The van der Waals surface area contributed by atoms with Gasteiger partial charge in [-0.15, -0.1) is 0 Å². The number of hydrogen-bond donors (Lipinski definition) is 1. The Labute approximate surface area is 126 Å². The zero-order chi connectivity index (χ0) is 14.7. The highest BCUT2D eigenvalue weighted by Crippen LogP contribution is 2.55. The van der Waals surface area contributed by atoms with Crippen molar-refractivity contribution in [2.75, 3.05) is 18.5 Å². The molecule has 1 heterocycles. The molecular formula is C16H25N3O2. The summed E-state index contributed by atoms with van der Waals surface area (Å²) in [6.45, 7) is 5.47. The van der Waals surface area contributed by atoms with Crippen LogP contribution in [-0.4, -0.2) is 35.3 Å². The maximum Gasteiger partial charge on any atom is 0.218 e. The second-order valence-corrected chi connectivity index (χ2v) is 5.99. The lowest BCUT2D eigenvalue weighted by atomic mass is 9.60. The van der Waals surface area contributed by atoms with Crippen molar-refractivity contribution in [3.63, 3.8) is 0 Å². The number of ether oxygens (including phenoxy) is 2. The van der Waals surface area contributed by atoms with E-state index in [0.717, 1.165) is 18.8 Å². The Morgan fingerprint density at radius 1 is 1.24 bits per heavy atom. The lowest BCUT2D eigenvalue weighted by Crippen LogP contribution is -2.60. The third kappa shape index (κ3) is 2.71. The fraction of sp³-hybridized carbons (Fsp3) is 0.750. The van der Waals surface area contributed by atoms with Crippen molar-refractivity contribution in [2.45, 2.75) is 58.1 Å². The summed E-state index contributed by atoms with van der Waals surface area (Å²) in [5.41, 5.74) is 0.312. The minimum Gasteiger partial charge on any atom is -0.478 e. The quantitative estimate of drug-likeness (QED) is 0.873. The molecule has 1 N–H and O–H groups in total. The molecule has 5 nitrogen and oxygen atoms in total. The predicted octanol–water partition coefficient (Wildman–Crippen LogP) is 3.03. The first-order valence-corrected chi connectivity index (χ1v) is 8.11. The van der Waals surface area contributed by atoms with E-state index < -0.39 is 0 Å². The fourth-order valence-electron chi connectivity index (χ4n) is 3.91. The number of hydrogen-bond acceptors (Lipinski definition) is 5. The molecular weight excluding hydrogens is 266 g/mol. The van der Waals surface area contributed by atoms with Crippen LogP contribution in [0.1, 0.15) is 46.0 Å². The summed E-state index contributed by atoms with van der Waals surface area (Å²) in [5, 5.41) is 3.59. The first-order chi connectivity index (χ1) is 10.3. The maximum atomic E-state index is 5.95. The standard InChI is InChI=1S/C16H25N3O2/c1-3-20-13-9-12(16(13)7-5-6-8-16)19-14-10-15(21-4-2)18-11-17-14/h10-13H,3-9H2,1-2H3,(H,17,18,19). The second-order valence-electron chi connectivity index (χ2n) is 5.99. The van der Waals surface area contributed by atoms with Gasteiger partial charge in [0.25, 0.3) is 0 Å². The van der Waals surface area contributed by atoms with Crippen LogP contribution in [0, 0.1) is 5.41 Å². The van der Waals surface area contributed by atoms with E-state index in [1.165, 1.54) is 25.7 Å². The molecule has 0 radical (unpaired) electrons. The van der Waals surface area contributed by atoms with Gasteiger partial charge in [-0.05, 0) is 33.1 Å². The number of nitrogens with zero attached hydrogens (tertiary/aromatic N) is 2. The first kappa shape index (κ1) is 14.6. The molecule has 1 aromatic heterocycles. The third-order valence-corrected chi connectivity index (χ3v) is 4.94. The van der Waals surface area contributed by atoms with E-state index in [2.05, 4.69) is 22.2 Å². The van der Waals surface area contributed by atoms with Crippen molar-refractivity contribution >= 4 is 5.82 Å². The average molecular weight is 291 g/mol. The van der Waals surface area contributed by atoms with Crippen LogP contribution < -0.4 is 10.1 Å². The summed E-state index contributed by atoms with van der Waals surface area (Å²) >= 11 is 0. The molecule has 5 heteroatoms. The van der Waals surface area contributed by atoms with Crippen LogP contribution in [0.2, 0.25) is 0 Å². The summed E-state index contributed by atoms with van der Waals surface area (Å²) in [7, 11) is 0. The zero-order valence-electron chi connectivity index (χ0n) is 13.0. The highest BCUT2D eigenvalue weighted by Gasteiger charge is 2.56. The van der Waals surface area contributed by atoms with E-state index in [4.69, 9.17) is 9.47 Å². The lowest BCUT2D eigenvalue weighted by molar-refractivity contribution is -0.114. The van der Waals surface area contributed by atoms with Gasteiger partial charge in [0.2, 0.25) is 5.88 Å². The van der Waals surface area contributed by atoms with E-state index in [1.807, 2.05) is 13.0 Å². The van der Waals surface area contributed by atoms with Crippen LogP contribution in [0.5, 0.6) is 5.88 Å². The molecule has 1 spiro atoms. The Kier molecular flexibility index (Phi) is 4.29. The smallest absolute Gasteiger partial charge is 0.218 e. The molecule has 0 aromatic carbocycles. The SMILES string of the molecule is CCOc1cc(NC2CC(OCC)C23CCCC3)ncn1. The molecule has 2 saturated carbocycles. The highest BCUT2D eigenvalue weighted by molar-refractivity contribution is 5.40. The number of nitrogens with one attached hydrogen (secondary N) is 1. The van der Waals surface area contributed by atoms with Crippen molar-refractivity contribution in [2.24, 2.45) is 5.41 Å². The fourth-order valence-corrected chi connectivity index (χ4v) is 3.91. The van der Waals surface area contributed by atoms with Crippen molar-refractivity contribution in [1.29, 1.82) is 0 Å². The van der Waals surface area contributed by atoms with Crippen LogP contribution in [-0.2, 0) is 4.74 Å². The van der Waals surface area contributed by atoms with Crippen molar-refractivity contribution in [3.05, 3.63) is 12.4 Å². The summed E-state index contributed by atoms with van der Waals surface area (Å²) in [5.74, 6) is 1.50. The maximum absolute atomic E-state index is 5.95. The Hall–Kier alpha value is -1.36. The Balaban J connectivity index is 1.69. The average Bonchev–Trinajstić information content (AvgIpc) is 3.00. The van der Waals surface area contributed by atoms with E-state index in [0.29, 0.717) is 30.0 Å². The van der Waals surface area contributed by atoms with Crippen LogP contribution in [0.15, 0.2) is 12.4 Å². The van der Waals surface area contributed by atoms with Crippen molar-refractivity contribution in [3.8, 4) is 5.88 Å². The van der Waals surface area contributed by atoms with E-state index in [-0.39, 0.29) is 0 Å². The van der Waals surface area contributed by atoms with E-state index in [9.17, 15) is 0 Å². The zero-order valence-corrected chi connectivity index (χ0v) is 13.0. The molecule has 2 atom stereocenters. The van der Waals surface area contributed by atoms with Gasteiger partial charge < -0.3 is 14.8 Å². The molecule has 2 unspecified atom stereocenters. The molecule has 0 aliphatic heterocycles. The number of rotatable bonds is 6. The third-order valence-electron chi connectivity index (χ3n) is 4.94. The van der Waals surface area contributed by atoms with Gasteiger partial charge in [-0.2, -0.15) is 0 Å². The minimum absolute atomic E-state index is 0.312. The molecule has 21 heavy (non-hydrogen) atoms. The minimum atomic E-state index is 0.312. The molecule has 0 bridgehead atoms. The largest absolute Gasteiger partial charge is 0.478 e. The van der Waals surface area contributed by atoms with Gasteiger partial charge in [0.1, 0.15) is 12.1 Å². The molecule has 1 aromatic rings. The van der Waals surface area contributed by atoms with Crippen LogP contribution in [0.3, 0.4) is 0 Å². The molecule has 0 amide bonds. The monoisotopic (exact) mass is 291 g/mol. The molecule has 2 aliphatic carbocycles. The molecule has 3 rings (SSSR count). The van der Waals surface area contributed by atoms with Gasteiger partial charge in [0.15, 0.2) is 0 Å². The molecule has 2 fully saturated rings. The molecule has 2 aliphatic rings. The Bertz CT molecular complexity index is 474. The Morgan fingerprint density at radius 3 is 2.76 bits per heavy atom. The number of aromatic nitrogens is 2. The van der Waals surface area contributed by atoms with E-state index >= 15 is 0 Å². The molecule has 0 saturated heterocycles. The van der Waals surface area contributed by atoms with Gasteiger partial charge in [0.05, 0.1) is 12.7 Å². The van der Waals surface area contributed by atoms with Gasteiger partial charge in [-0.1, -0.05) is 12.8 Å². The van der Waals surface area contributed by atoms with Crippen LogP contribution in [0.4, 0.5) is 5.82 Å². The van der Waals surface area contributed by atoms with Crippen molar-refractivity contribution in [1.82, 2.24) is 9.97 Å². The van der Waals surface area contributed by atoms with Gasteiger partial charge in [0, 0.05) is 24.1 Å². The summed E-state index contributed by atoms with van der Waals surface area (Å²) < 4.78 is 11.4. The van der Waals surface area contributed by atoms with E-state index in [1.54, 1.807) is 6.33 Å². The summed E-state index contributed by atoms with van der Waals surface area (Å²) in [6, 6.07) is 2.35. The number of anilines is 1. The predicted molar refractivity (Wildman–Crippen MR) is 81.5 cm³/mol. The van der Waals surface area contributed by atoms with Crippen LogP contribution >= 0.6 is 0 Å². The molecule has 116 valence electrons. The first-order valence-electron chi connectivity index (χ1n) is 8.11. The lowest BCUT2D eigenvalue weighted by Gasteiger charge is -2.54. The van der Waals surface area contributed by atoms with Gasteiger partial charge in [-0.25, -0.2) is 9.97 Å².